The average Bonchev–Trinajstić information content (AvgIpc) is 2.61. The molecule has 128 valence electrons. The largest absolute Gasteiger partial charge is 0.369 e. The minimum atomic E-state index is 0.0104. The summed E-state index contributed by atoms with van der Waals surface area (Å²) in [6.45, 7) is 7.35. The number of aromatic nitrogens is 3. The van der Waals surface area contributed by atoms with Crippen molar-refractivity contribution in [2.24, 2.45) is 0 Å². The maximum absolute atomic E-state index is 5.97. The predicted molar refractivity (Wildman–Crippen MR) is 97.2 cm³/mol. The first-order chi connectivity index (χ1) is 12.2. The molecule has 1 fully saturated rings. The minimum absolute atomic E-state index is 0.0104. The normalized spacial score (nSPS) is 18.6. The second-order valence-corrected chi connectivity index (χ2v) is 6.61. The van der Waals surface area contributed by atoms with Gasteiger partial charge in [-0.05, 0) is 43.7 Å². The molecule has 0 unspecified atom stereocenters. The lowest BCUT2D eigenvalue weighted by Crippen LogP contribution is -2.38. The topological polar surface area (TPSA) is 51.1 Å². The maximum atomic E-state index is 5.97. The Bertz CT molecular complexity index is 876. The number of pyridine rings is 1. The molecule has 0 aliphatic carbocycles. The Labute approximate surface area is 147 Å². The van der Waals surface area contributed by atoms with Gasteiger partial charge < -0.3 is 4.74 Å². The molecule has 0 saturated carbocycles. The Morgan fingerprint density at radius 1 is 1.16 bits per heavy atom. The molecule has 1 aromatic carbocycles. The van der Waals surface area contributed by atoms with Gasteiger partial charge >= 0.3 is 0 Å². The molecule has 1 aliphatic rings. The van der Waals surface area contributed by atoms with E-state index in [-0.39, 0.29) is 6.10 Å². The van der Waals surface area contributed by atoms with Crippen LogP contribution in [0, 0.1) is 13.8 Å². The highest BCUT2D eigenvalue weighted by Gasteiger charge is 2.23. The lowest BCUT2D eigenvalue weighted by molar-refractivity contribution is -0.0351. The van der Waals surface area contributed by atoms with Gasteiger partial charge in [-0.2, -0.15) is 0 Å². The van der Waals surface area contributed by atoms with Gasteiger partial charge in [-0.1, -0.05) is 12.1 Å². The zero-order valence-corrected chi connectivity index (χ0v) is 14.6. The molecule has 3 aromatic rings. The zero-order chi connectivity index (χ0) is 17.2. The minimum Gasteiger partial charge on any atom is -0.369 e. The van der Waals surface area contributed by atoms with E-state index in [2.05, 4.69) is 44.1 Å². The first-order valence-electron chi connectivity index (χ1n) is 8.67. The van der Waals surface area contributed by atoms with Crippen LogP contribution >= 0.6 is 0 Å². The SMILES string of the molecule is Cc1cc([C@@H]2CN(Cc3ccc4ncccc4c3)CCO2)nc(C)n1. The molecular formula is C20H22N4O. The van der Waals surface area contributed by atoms with Crippen LogP contribution in [-0.4, -0.2) is 39.5 Å². The molecule has 0 spiro atoms. The number of hydrogen-bond donors (Lipinski definition) is 0. The van der Waals surface area contributed by atoms with Crippen molar-refractivity contribution in [3.05, 3.63) is 65.4 Å². The van der Waals surface area contributed by atoms with Gasteiger partial charge in [0.25, 0.3) is 0 Å². The monoisotopic (exact) mass is 334 g/mol. The first-order valence-corrected chi connectivity index (χ1v) is 8.67. The summed E-state index contributed by atoms with van der Waals surface area (Å²) >= 11 is 0. The van der Waals surface area contributed by atoms with Crippen LogP contribution in [0.25, 0.3) is 10.9 Å². The van der Waals surface area contributed by atoms with E-state index < -0.39 is 0 Å². The van der Waals surface area contributed by atoms with E-state index in [0.29, 0.717) is 0 Å². The van der Waals surface area contributed by atoms with E-state index >= 15 is 0 Å². The fraction of sp³-hybridized carbons (Fsp3) is 0.350. The molecule has 1 aliphatic heterocycles. The summed E-state index contributed by atoms with van der Waals surface area (Å²) in [7, 11) is 0. The van der Waals surface area contributed by atoms with E-state index in [9.17, 15) is 0 Å². The number of aryl methyl sites for hydroxylation is 2. The van der Waals surface area contributed by atoms with Crippen LogP contribution in [0.15, 0.2) is 42.6 Å². The van der Waals surface area contributed by atoms with E-state index in [1.54, 1.807) is 0 Å². The Hall–Kier alpha value is -2.37. The summed E-state index contributed by atoms with van der Waals surface area (Å²) in [6, 6.07) is 12.6. The van der Waals surface area contributed by atoms with Gasteiger partial charge in [0, 0.05) is 36.9 Å². The molecule has 4 rings (SSSR count). The van der Waals surface area contributed by atoms with Crippen LogP contribution in [0.5, 0.6) is 0 Å². The van der Waals surface area contributed by atoms with Crippen molar-refractivity contribution in [3.8, 4) is 0 Å². The number of nitrogens with zero attached hydrogens (tertiary/aromatic N) is 4. The number of ether oxygens (including phenoxy) is 1. The maximum Gasteiger partial charge on any atom is 0.125 e. The number of hydrogen-bond acceptors (Lipinski definition) is 5. The van der Waals surface area contributed by atoms with Crippen molar-refractivity contribution in [2.75, 3.05) is 19.7 Å². The smallest absolute Gasteiger partial charge is 0.125 e. The van der Waals surface area contributed by atoms with Gasteiger partial charge in [-0.25, -0.2) is 9.97 Å². The molecule has 0 bridgehead atoms. The van der Waals surface area contributed by atoms with Gasteiger partial charge in [0.1, 0.15) is 11.9 Å². The van der Waals surface area contributed by atoms with Crippen LogP contribution in [0.2, 0.25) is 0 Å². The molecule has 25 heavy (non-hydrogen) atoms. The fourth-order valence-corrected chi connectivity index (χ4v) is 3.42. The van der Waals surface area contributed by atoms with Crippen molar-refractivity contribution in [1.82, 2.24) is 19.9 Å². The van der Waals surface area contributed by atoms with E-state index in [0.717, 1.165) is 49.0 Å². The van der Waals surface area contributed by atoms with Crippen molar-refractivity contribution in [2.45, 2.75) is 26.5 Å². The summed E-state index contributed by atoms with van der Waals surface area (Å²) in [6.07, 6.45) is 1.84. The van der Waals surface area contributed by atoms with Crippen LogP contribution in [0.4, 0.5) is 0 Å². The molecule has 0 N–H and O–H groups in total. The van der Waals surface area contributed by atoms with Gasteiger partial charge in [-0.15, -0.1) is 0 Å². The van der Waals surface area contributed by atoms with E-state index in [1.807, 2.05) is 32.2 Å². The molecule has 0 amide bonds. The molecule has 1 atom stereocenters. The number of benzene rings is 1. The van der Waals surface area contributed by atoms with Gasteiger partial charge in [0.05, 0.1) is 17.8 Å². The molecule has 5 nitrogen and oxygen atoms in total. The summed E-state index contributed by atoms with van der Waals surface area (Å²) < 4.78 is 5.97. The Morgan fingerprint density at radius 3 is 2.96 bits per heavy atom. The number of fused-ring (bicyclic) bond motifs is 1. The Balaban J connectivity index is 1.50. The van der Waals surface area contributed by atoms with Gasteiger partial charge in [0.2, 0.25) is 0 Å². The summed E-state index contributed by atoms with van der Waals surface area (Å²) in [5.74, 6) is 0.803. The highest BCUT2D eigenvalue weighted by molar-refractivity contribution is 5.78. The molecule has 3 heterocycles. The van der Waals surface area contributed by atoms with Crippen molar-refractivity contribution >= 4 is 10.9 Å². The molecule has 2 aromatic heterocycles. The average molecular weight is 334 g/mol. The van der Waals surface area contributed by atoms with Crippen molar-refractivity contribution in [1.29, 1.82) is 0 Å². The third kappa shape index (κ3) is 3.67. The van der Waals surface area contributed by atoms with Crippen LogP contribution in [0.1, 0.15) is 28.9 Å². The summed E-state index contributed by atoms with van der Waals surface area (Å²) in [4.78, 5) is 15.7. The third-order valence-electron chi connectivity index (χ3n) is 4.54. The van der Waals surface area contributed by atoms with Crippen molar-refractivity contribution in [3.63, 3.8) is 0 Å². The van der Waals surface area contributed by atoms with Crippen molar-refractivity contribution < 1.29 is 4.74 Å². The highest BCUT2D eigenvalue weighted by atomic mass is 16.5. The molecular weight excluding hydrogens is 312 g/mol. The molecule has 0 radical (unpaired) electrons. The fourth-order valence-electron chi connectivity index (χ4n) is 3.42. The summed E-state index contributed by atoms with van der Waals surface area (Å²) in [5.41, 5.74) is 4.32. The van der Waals surface area contributed by atoms with Crippen LogP contribution < -0.4 is 0 Å². The van der Waals surface area contributed by atoms with Gasteiger partial charge in [0.15, 0.2) is 0 Å². The number of rotatable bonds is 3. The standard InChI is InChI=1S/C20H22N4O/c1-14-10-19(23-15(2)22-14)20-13-24(8-9-25-20)12-16-5-6-18-17(11-16)4-3-7-21-18/h3-7,10-11,20H,8-9,12-13H2,1-2H3/t20-/m0/s1. The third-order valence-corrected chi connectivity index (χ3v) is 4.54. The predicted octanol–water partition coefficient (Wildman–Crippen LogP) is 3.22. The Morgan fingerprint density at radius 2 is 2.08 bits per heavy atom. The Kier molecular flexibility index (Phi) is 4.42. The number of morpholine rings is 1. The molecule has 5 heteroatoms. The second kappa shape index (κ2) is 6.86. The second-order valence-electron chi connectivity index (χ2n) is 6.61. The molecule has 1 saturated heterocycles. The lowest BCUT2D eigenvalue weighted by atomic mass is 10.1. The highest BCUT2D eigenvalue weighted by Crippen LogP contribution is 2.23. The van der Waals surface area contributed by atoms with E-state index in [1.165, 1.54) is 10.9 Å². The quantitative estimate of drug-likeness (QED) is 0.736. The van der Waals surface area contributed by atoms with Gasteiger partial charge in [-0.3, -0.25) is 9.88 Å². The summed E-state index contributed by atoms with van der Waals surface area (Å²) in [5, 5.41) is 1.19. The lowest BCUT2D eigenvalue weighted by Gasteiger charge is -2.32. The van der Waals surface area contributed by atoms with Crippen LogP contribution in [-0.2, 0) is 11.3 Å². The zero-order valence-electron chi connectivity index (χ0n) is 14.6. The first kappa shape index (κ1) is 16.1. The van der Waals surface area contributed by atoms with E-state index in [4.69, 9.17) is 4.74 Å². The van der Waals surface area contributed by atoms with Crippen LogP contribution in [0.3, 0.4) is 0 Å².